The molecule has 5 heteroatoms. The Hall–Kier alpha value is -0.140. The minimum atomic E-state index is -0.0115. The maximum atomic E-state index is 12.0. The van der Waals surface area contributed by atoms with Gasteiger partial charge in [0.05, 0.1) is 21.1 Å². The van der Waals surface area contributed by atoms with E-state index < -0.39 is 0 Å². The molecular formula is C12H18INO2S. The first-order chi connectivity index (χ1) is 8.04. The predicted octanol–water partition coefficient (Wildman–Crippen LogP) is 3.14. The quantitative estimate of drug-likeness (QED) is 0.785. The van der Waals surface area contributed by atoms with Crippen LogP contribution in [0.1, 0.15) is 31.1 Å². The third-order valence-corrected chi connectivity index (χ3v) is 4.24. The summed E-state index contributed by atoms with van der Waals surface area (Å²) in [6.07, 6.45) is 0. The second-order valence-electron chi connectivity index (χ2n) is 4.12. The maximum absolute atomic E-state index is 12.0. The summed E-state index contributed by atoms with van der Waals surface area (Å²) in [7, 11) is 0. The van der Waals surface area contributed by atoms with Crippen LogP contribution in [-0.4, -0.2) is 25.2 Å². The number of hydrogen-bond acceptors (Lipinski definition) is 3. The molecule has 1 amide bonds. The summed E-state index contributed by atoms with van der Waals surface area (Å²) in [5.41, 5.74) is 0.738. The van der Waals surface area contributed by atoms with Gasteiger partial charge in [0.25, 0.3) is 5.91 Å². The van der Waals surface area contributed by atoms with Crippen molar-refractivity contribution in [3.8, 4) is 0 Å². The Labute approximate surface area is 120 Å². The van der Waals surface area contributed by atoms with Crippen molar-refractivity contribution in [3.63, 3.8) is 0 Å². The van der Waals surface area contributed by atoms with E-state index in [9.17, 15) is 4.79 Å². The molecule has 1 atom stereocenters. The zero-order valence-corrected chi connectivity index (χ0v) is 13.3. The van der Waals surface area contributed by atoms with Gasteiger partial charge >= 0.3 is 0 Å². The highest BCUT2D eigenvalue weighted by Gasteiger charge is 2.17. The van der Waals surface area contributed by atoms with E-state index in [1.807, 2.05) is 18.4 Å². The summed E-state index contributed by atoms with van der Waals surface area (Å²) in [5, 5.41) is 4.90. The lowest BCUT2D eigenvalue weighted by Gasteiger charge is -2.21. The number of carbonyl (C=O) groups excluding carboxylic acids is 1. The van der Waals surface area contributed by atoms with Gasteiger partial charge in [0, 0.05) is 12.0 Å². The van der Waals surface area contributed by atoms with Crippen LogP contribution in [0.3, 0.4) is 0 Å². The normalized spacial score (nSPS) is 12.8. The fraction of sp³-hybridized carbons (Fsp3) is 0.583. The van der Waals surface area contributed by atoms with Gasteiger partial charge in [-0.3, -0.25) is 4.79 Å². The van der Waals surface area contributed by atoms with E-state index in [2.05, 4.69) is 41.8 Å². The molecule has 0 bridgehead atoms. The molecule has 0 saturated heterocycles. The Morgan fingerprint density at radius 2 is 2.29 bits per heavy atom. The second-order valence-corrected chi connectivity index (χ2v) is 6.93. The van der Waals surface area contributed by atoms with Gasteiger partial charge in [-0.15, -0.1) is 11.3 Å². The van der Waals surface area contributed by atoms with Gasteiger partial charge in [-0.1, -0.05) is 13.8 Å². The lowest BCUT2D eigenvalue weighted by atomic mass is 10.1. The monoisotopic (exact) mass is 367 g/mol. The largest absolute Gasteiger partial charge is 0.380 e. The molecule has 0 aliphatic heterocycles. The summed E-state index contributed by atoms with van der Waals surface area (Å²) in [4.78, 5) is 12.0. The van der Waals surface area contributed by atoms with Gasteiger partial charge in [0.1, 0.15) is 0 Å². The third kappa shape index (κ3) is 4.93. The van der Waals surface area contributed by atoms with Gasteiger partial charge in [-0.05, 0) is 41.5 Å². The first-order valence-corrected chi connectivity index (χ1v) is 7.63. The minimum absolute atomic E-state index is 0.0115. The Balaban J connectivity index is 2.57. The third-order valence-electron chi connectivity index (χ3n) is 2.45. The van der Waals surface area contributed by atoms with Crippen molar-refractivity contribution in [1.82, 2.24) is 5.32 Å². The number of thiophene rings is 1. The molecule has 0 saturated carbocycles. The SMILES string of the molecule is CCOCC(NC(=O)c1csc(I)c1)C(C)C. The highest BCUT2D eigenvalue weighted by atomic mass is 127. The van der Waals surface area contributed by atoms with E-state index in [1.165, 1.54) is 0 Å². The maximum Gasteiger partial charge on any atom is 0.252 e. The molecule has 1 heterocycles. The average molecular weight is 367 g/mol. The molecule has 0 spiro atoms. The van der Waals surface area contributed by atoms with Gasteiger partial charge in [-0.25, -0.2) is 0 Å². The summed E-state index contributed by atoms with van der Waals surface area (Å²) >= 11 is 3.80. The molecular weight excluding hydrogens is 349 g/mol. The number of carbonyl (C=O) groups is 1. The van der Waals surface area contributed by atoms with Crippen LogP contribution in [0.15, 0.2) is 11.4 Å². The lowest BCUT2D eigenvalue weighted by Crippen LogP contribution is -2.41. The van der Waals surface area contributed by atoms with Crippen molar-refractivity contribution in [2.75, 3.05) is 13.2 Å². The first-order valence-electron chi connectivity index (χ1n) is 5.67. The second kappa shape index (κ2) is 7.33. The summed E-state index contributed by atoms with van der Waals surface area (Å²) < 4.78 is 6.51. The number of amides is 1. The van der Waals surface area contributed by atoms with Crippen molar-refractivity contribution >= 4 is 39.8 Å². The molecule has 0 fully saturated rings. The van der Waals surface area contributed by atoms with Crippen molar-refractivity contribution < 1.29 is 9.53 Å². The van der Waals surface area contributed by atoms with Gasteiger partial charge in [-0.2, -0.15) is 0 Å². The van der Waals surface area contributed by atoms with Crippen molar-refractivity contribution in [2.24, 2.45) is 5.92 Å². The van der Waals surface area contributed by atoms with Crippen molar-refractivity contribution in [3.05, 3.63) is 19.9 Å². The molecule has 1 aromatic rings. The number of rotatable bonds is 6. The summed E-state index contributed by atoms with van der Waals surface area (Å²) in [5.74, 6) is 0.353. The molecule has 0 radical (unpaired) electrons. The molecule has 17 heavy (non-hydrogen) atoms. The molecule has 0 aliphatic rings. The van der Waals surface area contributed by atoms with E-state index in [1.54, 1.807) is 11.3 Å². The number of nitrogens with one attached hydrogen (secondary N) is 1. The van der Waals surface area contributed by atoms with Gasteiger partial charge in [0.15, 0.2) is 0 Å². The zero-order valence-electron chi connectivity index (χ0n) is 10.3. The number of halogens is 1. The van der Waals surface area contributed by atoms with E-state index in [0.29, 0.717) is 19.1 Å². The fourth-order valence-electron chi connectivity index (χ4n) is 1.33. The highest BCUT2D eigenvalue weighted by Crippen LogP contribution is 2.17. The standard InChI is InChI=1S/C12H18INO2S/c1-4-16-6-10(8(2)3)14-12(15)9-5-11(13)17-7-9/h5,7-8,10H,4,6H2,1-3H3,(H,14,15). The zero-order chi connectivity index (χ0) is 12.8. The molecule has 1 N–H and O–H groups in total. The van der Waals surface area contributed by atoms with E-state index >= 15 is 0 Å². The Morgan fingerprint density at radius 1 is 1.59 bits per heavy atom. The van der Waals surface area contributed by atoms with Crippen LogP contribution < -0.4 is 5.32 Å². The minimum Gasteiger partial charge on any atom is -0.380 e. The average Bonchev–Trinajstić information content (AvgIpc) is 2.70. The van der Waals surface area contributed by atoms with Crippen LogP contribution in [0.2, 0.25) is 0 Å². The molecule has 1 unspecified atom stereocenters. The summed E-state index contributed by atoms with van der Waals surface area (Å²) in [6, 6.07) is 1.97. The van der Waals surface area contributed by atoms with Crippen molar-refractivity contribution in [1.29, 1.82) is 0 Å². The fourth-order valence-corrected chi connectivity index (χ4v) is 2.65. The number of hydrogen-bond donors (Lipinski definition) is 1. The molecule has 96 valence electrons. The first kappa shape index (κ1) is 14.9. The van der Waals surface area contributed by atoms with E-state index in [0.717, 1.165) is 8.45 Å². The van der Waals surface area contributed by atoms with Crippen molar-refractivity contribution in [2.45, 2.75) is 26.8 Å². The Morgan fingerprint density at radius 3 is 2.76 bits per heavy atom. The predicted molar refractivity (Wildman–Crippen MR) is 79.6 cm³/mol. The van der Waals surface area contributed by atoms with Crippen LogP contribution in [-0.2, 0) is 4.74 Å². The van der Waals surface area contributed by atoms with Gasteiger partial charge < -0.3 is 10.1 Å². The van der Waals surface area contributed by atoms with Gasteiger partial charge in [0.2, 0.25) is 0 Å². The Bertz CT molecular complexity index is 365. The van der Waals surface area contributed by atoms with Crippen LogP contribution in [0.4, 0.5) is 0 Å². The lowest BCUT2D eigenvalue weighted by molar-refractivity contribution is 0.0806. The highest BCUT2D eigenvalue weighted by molar-refractivity contribution is 14.1. The molecule has 0 aromatic carbocycles. The van der Waals surface area contributed by atoms with Crippen LogP contribution in [0, 0.1) is 8.80 Å². The topological polar surface area (TPSA) is 38.3 Å². The summed E-state index contributed by atoms with van der Waals surface area (Å²) in [6.45, 7) is 7.37. The molecule has 0 aliphatic carbocycles. The van der Waals surface area contributed by atoms with E-state index in [4.69, 9.17) is 4.74 Å². The Kier molecular flexibility index (Phi) is 6.43. The molecule has 3 nitrogen and oxygen atoms in total. The molecule has 1 rings (SSSR count). The van der Waals surface area contributed by atoms with Crippen LogP contribution >= 0.6 is 33.9 Å². The smallest absolute Gasteiger partial charge is 0.252 e. The molecule has 1 aromatic heterocycles. The van der Waals surface area contributed by atoms with Crippen LogP contribution in [0.25, 0.3) is 0 Å². The number of ether oxygens (including phenoxy) is 1. The van der Waals surface area contributed by atoms with E-state index in [-0.39, 0.29) is 11.9 Å². The van der Waals surface area contributed by atoms with Crippen LogP contribution in [0.5, 0.6) is 0 Å².